The van der Waals surface area contributed by atoms with Crippen LogP contribution >= 0.6 is 0 Å². The fourth-order valence-electron chi connectivity index (χ4n) is 2.60. The van der Waals surface area contributed by atoms with Gasteiger partial charge in [0.15, 0.2) is 0 Å². The van der Waals surface area contributed by atoms with E-state index in [0.717, 1.165) is 32.5 Å². The highest BCUT2D eigenvalue weighted by molar-refractivity contribution is 5.80. The molecule has 1 fully saturated rings. The van der Waals surface area contributed by atoms with Gasteiger partial charge in [-0.25, -0.2) is 0 Å². The van der Waals surface area contributed by atoms with Gasteiger partial charge in [0.05, 0.1) is 7.11 Å². The van der Waals surface area contributed by atoms with Crippen molar-refractivity contribution in [2.45, 2.75) is 70.9 Å². The summed E-state index contributed by atoms with van der Waals surface area (Å²) in [5, 5.41) is 3.46. The van der Waals surface area contributed by atoms with Gasteiger partial charge in [0.25, 0.3) is 0 Å². The van der Waals surface area contributed by atoms with E-state index in [1.54, 1.807) is 0 Å². The van der Waals surface area contributed by atoms with Crippen LogP contribution in [0.15, 0.2) is 0 Å². The first-order chi connectivity index (χ1) is 9.55. The molecule has 1 unspecified atom stereocenters. The number of rotatable bonds is 11. The summed E-state index contributed by atoms with van der Waals surface area (Å²) in [6.07, 6.45) is 6.73. The second-order valence-corrected chi connectivity index (χ2v) is 6.13. The molecule has 0 aliphatic heterocycles. The molecule has 0 heterocycles. The lowest BCUT2D eigenvalue weighted by Crippen LogP contribution is -2.51. The first-order valence-corrected chi connectivity index (χ1v) is 8.14. The summed E-state index contributed by atoms with van der Waals surface area (Å²) in [5.41, 5.74) is -0.514. The van der Waals surface area contributed by atoms with Crippen molar-refractivity contribution in [1.82, 2.24) is 10.2 Å². The lowest BCUT2D eigenvalue weighted by molar-refractivity contribution is -0.148. The quantitative estimate of drug-likeness (QED) is 0.592. The Hall–Kier alpha value is -0.610. The van der Waals surface area contributed by atoms with Gasteiger partial charge in [-0.05, 0) is 58.7 Å². The highest BCUT2D eigenvalue weighted by atomic mass is 16.5. The van der Waals surface area contributed by atoms with Crippen LogP contribution in [0.5, 0.6) is 0 Å². The molecule has 1 aliphatic carbocycles. The van der Waals surface area contributed by atoms with Crippen molar-refractivity contribution >= 4 is 5.97 Å². The summed E-state index contributed by atoms with van der Waals surface area (Å²) >= 11 is 0. The van der Waals surface area contributed by atoms with Crippen molar-refractivity contribution in [2.24, 2.45) is 0 Å². The van der Waals surface area contributed by atoms with Crippen molar-refractivity contribution in [3.63, 3.8) is 0 Å². The van der Waals surface area contributed by atoms with Crippen molar-refractivity contribution < 1.29 is 9.53 Å². The Morgan fingerprint density at radius 2 is 1.95 bits per heavy atom. The third-order valence-corrected chi connectivity index (χ3v) is 4.16. The van der Waals surface area contributed by atoms with Crippen molar-refractivity contribution in [3.05, 3.63) is 0 Å². The Morgan fingerprint density at radius 3 is 2.45 bits per heavy atom. The highest BCUT2D eigenvalue weighted by Gasteiger charge is 2.38. The van der Waals surface area contributed by atoms with E-state index >= 15 is 0 Å². The molecule has 0 aromatic carbocycles. The molecule has 1 atom stereocenters. The zero-order valence-corrected chi connectivity index (χ0v) is 13.7. The first-order valence-electron chi connectivity index (χ1n) is 8.14. The summed E-state index contributed by atoms with van der Waals surface area (Å²) in [6.45, 7) is 9.73. The Kier molecular flexibility index (Phi) is 7.52. The van der Waals surface area contributed by atoms with Gasteiger partial charge in [-0.15, -0.1) is 0 Å². The Labute approximate surface area is 124 Å². The minimum atomic E-state index is -0.514. The number of esters is 1. The second kappa shape index (κ2) is 8.63. The van der Waals surface area contributed by atoms with E-state index in [1.807, 2.05) is 6.92 Å². The number of nitrogens with zero attached hydrogens (tertiary/aromatic N) is 1. The van der Waals surface area contributed by atoms with E-state index in [4.69, 9.17) is 4.74 Å². The van der Waals surface area contributed by atoms with Gasteiger partial charge in [-0.2, -0.15) is 0 Å². The number of methoxy groups -OCH3 is 1. The predicted octanol–water partition coefficient (Wildman–Crippen LogP) is 2.57. The largest absolute Gasteiger partial charge is 0.468 e. The summed E-state index contributed by atoms with van der Waals surface area (Å²) in [4.78, 5) is 14.5. The van der Waals surface area contributed by atoms with Gasteiger partial charge >= 0.3 is 5.97 Å². The molecular weight excluding hydrogens is 252 g/mol. The Balaban J connectivity index is 2.38. The van der Waals surface area contributed by atoms with Crippen LogP contribution in [0.2, 0.25) is 0 Å². The second-order valence-electron chi connectivity index (χ2n) is 6.13. The number of nitrogens with one attached hydrogen (secondary N) is 1. The molecule has 0 spiro atoms. The molecule has 1 N–H and O–H groups in total. The summed E-state index contributed by atoms with van der Waals surface area (Å²) < 4.78 is 4.98. The van der Waals surface area contributed by atoms with E-state index in [-0.39, 0.29) is 5.97 Å². The number of unbranched alkanes of at least 4 members (excludes halogenated alkanes) is 1. The molecule has 0 amide bonds. The zero-order chi connectivity index (χ0) is 15.0. The van der Waals surface area contributed by atoms with Crippen molar-refractivity contribution in [1.29, 1.82) is 0 Å². The third-order valence-electron chi connectivity index (χ3n) is 4.16. The zero-order valence-electron chi connectivity index (χ0n) is 13.7. The maximum Gasteiger partial charge on any atom is 0.325 e. The molecular formula is C16H32N2O2. The van der Waals surface area contributed by atoms with E-state index in [0.29, 0.717) is 6.04 Å². The number of hydrogen-bond donors (Lipinski definition) is 1. The standard InChI is InChI=1S/C16H32N2O2/c1-5-7-12-18(6-2)13-8-11-16(3,15(19)20-4)17-14-9-10-14/h14,17H,5-13H2,1-4H3. The van der Waals surface area contributed by atoms with Gasteiger partial charge in [-0.1, -0.05) is 20.3 Å². The molecule has 0 bridgehead atoms. The molecule has 1 aliphatic rings. The summed E-state index contributed by atoms with van der Waals surface area (Å²) in [6, 6.07) is 0.515. The molecule has 1 saturated carbocycles. The monoisotopic (exact) mass is 284 g/mol. The van der Waals surface area contributed by atoms with Crippen LogP contribution < -0.4 is 5.32 Å². The van der Waals surface area contributed by atoms with Crippen molar-refractivity contribution in [2.75, 3.05) is 26.7 Å². The number of hydrogen-bond acceptors (Lipinski definition) is 4. The van der Waals surface area contributed by atoms with Crippen LogP contribution in [0.4, 0.5) is 0 Å². The fourth-order valence-corrected chi connectivity index (χ4v) is 2.60. The minimum absolute atomic E-state index is 0.124. The Morgan fingerprint density at radius 1 is 1.30 bits per heavy atom. The SMILES string of the molecule is CCCCN(CC)CCCC(C)(NC1CC1)C(=O)OC. The highest BCUT2D eigenvalue weighted by Crippen LogP contribution is 2.25. The van der Waals surface area contributed by atoms with Crippen LogP contribution in [0.3, 0.4) is 0 Å². The molecule has 4 heteroatoms. The summed E-state index contributed by atoms with van der Waals surface area (Å²) in [7, 11) is 1.48. The molecule has 4 nitrogen and oxygen atoms in total. The predicted molar refractivity (Wildman–Crippen MR) is 82.8 cm³/mol. The topological polar surface area (TPSA) is 41.6 Å². The van der Waals surface area contributed by atoms with E-state index < -0.39 is 5.54 Å². The first kappa shape index (κ1) is 17.4. The van der Waals surface area contributed by atoms with Crippen LogP contribution in [0.25, 0.3) is 0 Å². The smallest absolute Gasteiger partial charge is 0.325 e. The minimum Gasteiger partial charge on any atom is -0.468 e. The van der Waals surface area contributed by atoms with Gasteiger partial charge in [0.2, 0.25) is 0 Å². The van der Waals surface area contributed by atoms with Gasteiger partial charge in [-0.3, -0.25) is 10.1 Å². The molecule has 20 heavy (non-hydrogen) atoms. The molecule has 0 saturated heterocycles. The van der Waals surface area contributed by atoms with E-state index in [2.05, 4.69) is 24.1 Å². The molecule has 1 rings (SSSR count). The average molecular weight is 284 g/mol. The maximum absolute atomic E-state index is 12.0. The van der Waals surface area contributed by atoms with Gasteiger partial charge < -0.3 is 9.64 Å². The maximum atomic E-state index is 12.0. The van der Waals surface area contributed by atoms with Gasteiger partial charge in [0, 0.05) is 6.04 Å². The van der Waals surface area contributed by atoms with E-state index in [9.17, 15) is 4.79 Å². The number of carbonyl (C=O) groups excluding carboxylic acids is 1. The lowest BCUT2D eigenvalue weighted by Gasteiger charge is -2.29. The third kappa shape index (κ3) is 5.80. The van der Waals surface area contributed by atoms with Crippen LogP contribution in [0.1, 0.15) is 59.3 Å². The van der Waals surface area contributed by atoms with Gasteiger partial charge in [0.1, 0.15) is 5.54 Å². The van der Waals surface area contributed by atoms with Crippen LogP contribution in [-0.2, 0) is 9.53 Å². The Bertz CT molecular complexity index is 292. The normalized spacial score (nSPS) is 18.1. The molecule has 0 radical (unpaired) electrons. The lowest BCUT2D eigenvalue weighted by atomic mass is 9.95. The number of ether oxygens (including phenoxy) is 1. The molecule has 118 valence electrons. The van der Waals surface area contributed by atoms with Crippen LogP contribution in [0, 0.1) is 0 Å². The fraction of sp³-hybridized carbons (Fsp3) is 0.938. The summed E-state index contributed by atoms with van der Waals surface area (Å²) in [5.74, 6) is -0.124. The molecule has 0 aromatic rings. The average Bonchev–Trinajstić information content (AvgIpc) is 3.25. The van der Waals surface area contributed by atoms with Crippen molar-refractivity contribution in [3.8, 4) is 0 Å². The van der Waals surface area contributed by atoms with E-state index in [1.165, 1.54) is 32.8 Å². The number of carbonyl (C=O) groups is 1. The molecule has 0 aromatic heterocycles. The van der Waals surface area contributed by atoms with Crippen LogP contribution in [-0.4, -0.2) is 49.2 Å².